The molecule has 1 heterocycles. The lowest BCUT2D eigenvalue weighted by molar-refractivity contribution is -0.124. The summed E-state index contributed by atoms with van der Waals surface area (Å²) in [6.07, 6.45) is 1.53. The Hall–Kier alpha value is -1.59. The molecule has 114 valence electrons. The maximum Gasteiger partial charge on any atom is 0.340 e. The molecule has 1 atom stereocenters. The Labute approximate surface area is 129 Å². The first-order valence-electron chi connectivity index (χ1n) is 6.92. The van der Waals surface area contributed by atoms with Crippen molar-refractivity contribution >= 4 is 29.2 Å². The Kier molecular flexibility index (Phi) is 4.85. The van der Waals surface area contributed by atoms with Crippen LogP contribution < -0.4 is 10.6 Å². The molecule has 1 aromatic carbocycles. The summed E-state index contributed by atoms with van der Waals surface area (Å²) in [4.78, 5) is 24.4. The predicted molar refractivity (Wildman–Crippen MR) is 81.6 cm³/mol. The van der Waals surface area contributed by atoms with Crippen LogP contribution >= 0.6 is 11.6 Å². The van der Waals surface area contributed by atoms with Crippen LogP contribution in [0.1, 0.15) is 30.1 Å². The number of anilines is 1. The number of methoxy groups -OCH3 is 1. The van der Waals surface area contributed by atoms with E-state index in [-0.39, 0.29) is 11.5 Å². The minimum Gasteiger partial charge on any atom is -0.465 e. The molecule has 1 saturated heterocycles. The van der Waals surface area contributed by atoms with Crippen molar-refractivity contribution in [3.05, 3.63) is 28.8 Å². The number of esters is 1. The summed E-state index contributed by atoms with van der Waals surface area (Å²) in [6, 6.07) is 4.75. The fourth-order valence-electron chi connectivity index (χ4n) is 2.56. The van der Waals surface area contributed by atoms with Crippen LogP contribution in [0.15, 0.2) is 18.2 Å². The number of rotatable bonds is 4. The van der Waals surface area contributed by atoms with E-state index in [9.17, 15) is 9.59 Å². The molecule has 2 rings (SSSR count). The third-order valence-corrected chi connectivity index (χ3v) is 4.27. The van der Waals surface area contributed by atoms with E-state index in [1.54, 1.807) is 12.1 Å². The Bertz CT molecular complexity index is 554. The second kappa shape index (κ2) is 6.45. The normalized spacial score (nSPS) is 21.1. The van der Waals surface area contributed by atoms with Crippen LogP contribution in [0.2, 0.25) is 5.02 Å². The van der Waals surface area contributed by atoms with Crippen molar-refractivity contribution in [3.8, 4) is 0 Å². The summed E-state index contributed by atoms with van der Waals surface area (Å²) in [7, 11) is 1.29. The number of hydrogen-bond acceptors (Lipinski definition) is 4. The number of nitrogens with one attached hydrogen (secondary N) is 2. The lowest BCUT2D eigenvalue weighted by atomic mass is 9.83. The number of benzene rings is 1. The molecule has 0 bridgehead atoms. The van der Waals surface area contributed by atoms with Crippen LogP contribution in [0.5, 0.6) is 0 Å². The van der Waals surface area contributed by atoms with E-state index in [1.165, 1.54) is 13.2 Å². The largest absolute Gasteiger partial charge is 0.465 e. The van der Waals surface area contributed by atoms with Gasteiger partial charge in [-0.3, -0.25) is 4.79 Å². The monoisotopic (exact) mass is 310 g/mol. The van der Waals surface area contributed by atoms with E-state index in [2.05, 4.69) is 10.6 Å². The maximum atomic E-state index is 12.6. The van der Waals surface area contributed by atoms with Gasteiger partial charge in [-0.25, -0.2) is 4.79 Å². The van der Waals surface area contributed by atoms with Crippen LogP contribution in [0, 0.1) is 5.41 Å². The van der Waals surface area contributed by atoms with E-state index >= 15 is 0 Å². The fraction of sp³-hybridized carbons (Fsp3) is 0.467. The second-order valence-corrected chi connectivity index (χ2v) is 5.63. The maximum absolute atomic E-state index is 12.6. The van der Waals surface area contributed by atoms with Crippen molar-refractivity contribution < 1.29 is 14.3 Å². The van der Waals surface area contributed by atoms with Gasteiger partial charge in [-0.05, 0) is 37.6 Å². The molecule has 2 N–H and O–H groups in total. The first kappa shape index (κ1) is 15.8. The van der Waals surface area contributed by atoms with Gasteiger partial charge in [0, 0.05) is 11.6 Å². The number of hydrogen-bond donors (Lipinski definition) is 2. The average Bonchev–Trinajstić information content (AvgIpc) is 2.98. The highest BCUT2D eigenvalue weighted by atomic mass is 35.5. The molecule has 6 heteroatoms. The standard InChI is InChI=1S/C15H19ClN2O3/c1-3-15(6-7-17-9-15)14(20)18-12-5-4-10(16)8-11(12)13(19)21-2/h4-5,8,17H,3,6-7,9H2,1-2H3,(H,18,20). The quantitative estimate of drug-likeness (QED) is 0.838. The van der Waals surface area contributed by atoms with E-state index in [0.717, 1.165) is 19.4 Å². The van der Waals surface area contributed by atoms with Crippen LogP contribution in [0.4, 0.5) is 5.69 Å². The molecule has 0 saturated carbocycles. The molecular formula is C15H19ClN2O3. The van der Waals surface area contributed by atoms with Gasteiger partial charge >= 0.3 is 5.97 Å². The van der Waals surface area contributed by atoms with Crippen LogP contribution in [-0.4, -0.2) is 32.1 Å². The number of carbonyl (C=O) groups is 2. The number of halogens is 1. The van der Waals surface area contributed by atoms with Gasteiger partial charge in [-0.2, -0.15) is 0 Å². The zero-order chi connectivity index (χ0) is 15.5. The highest BCUT2D eigenvalue weighted by Crippen LogP contribution is 2.32. The molecular weight excluding hydrogens is 292 g/mol. The molecule has 1 aliphatic rings. The van der Waals surface area contributed by atoms with E-state index in [0.29, 0.717) is 17.3 Å². The molecule has 0 aromatic heterocycles. The van der Waals surface area contributed by atoms with Crippen LogP contribution in [-0.2, 0) is 9.53 Å². The van der Waals surface area contributed by atoms with Crippen molar-refractivity contribution in [1.82, 2.24) is 5.32 Å². The molecule has 1 unspecified atom stereocenters. The molecule has 0 radical (unpaired) electrons. The fourth-order valence-corrected chi connectivity index (χ4v) is 2.73. The number of amides is 1. The lowest BCUT2D eigenvalue weighted by Gasteiger charge is -2.25. The highest BCUT2D eigenvalue weighted by Gasteiger charge is 2.39. The van der Waals surface area contributed by atoms with Gasteiger partial charge in [-0.15, -0.1) is 0 Å². The highest BCUT2D eigenvalue weighted by molar-refractivity contribution is 6.31. The summed E-state index contributed by atoms with van der Waals surface area (Å²) in [5.41, 5.74) is 0.263. The topological polar surface area (TPSA) is 67.4 Å². The smallest absolute Gasteiger partial charge is 0.340 e. The third-order valence-electron chi connectivity index (χ3n) is 4.04. The van der Waals surface area contributed by atoms with Gasteiger partial charge in [0.2, 0.25) is 5.91 Å². The van der Waals surface area contributed by atoms with Gasteiger partial charge in [0.25, 0.3) is 0 Å². The molecule has 1 fully saturated rings. The van der Waals surface area contributed by atoms with Gasteiger partial charge in [0.1, 0.15) is 0 Å². The zero-order valence-corrected chi connectivity index (χ0v) is 12.9. The lowest BCUT2D eigenvalue weighted by Crippen LogP contribution is -2.38. The summed E-state index contributed by atoms with van der Waals surface area (Å²) in [6.45, 7) is 3.47. The zero-order valence-electron chi connectivity index (χ0n) is 12.2. The molecule has 1 aromatic rings. The Morgan fingerprint density at radius 3 is 2.81 bits per heavy atom. The van der Waals surface area contributed by atoms with Gasteiger partial charge < -0.3 is 15.4 Å². The summed E-state index contributed by atoms with van der Waals surface area (Å²) in [5.74, 6) is -0.606. The van der Waals surface area contributed by atoms with E-state index in [1.807, 2.05) is 6.92 Å². The van der Waals surface area contributed by atoms with Crippen molar-refractivity contribution in [2.75, 3.05) is 25.5 Å². The van der Waals surface area contributed by atoms with Crippen molar-refractivity contribution in [3.63, 3.8) is 0 Å². The first-order chi connectivity index (χ1) is 10.0. The van der Waals surface area contributed by atoms with Crippen molar-refractivity contribution in [2.45, 2.75) is 19.8 Å². The molecule has 1 aliphatic heterocycles. The molecule has 0 spiro atoms. The van der Waals surface area contributed by atoms with Gasteiger partial charge in [0.05, 0.1) is 23.8 Å². The van der Waals surface area contributed by atoms with Gasteiger partial charge in [-0.1, -0.05) is 18.5 Å². The summed E-state index contributed by atoms with van der Waals surface area (Å²) < 4.78 is 4.73. The average molecular weight is 311 g/mol. The van der Waals surface area contributed by atoms with Crippen molar-refractivity contribution in [1.29, 1.82) is 0 Å². The van der Waals surface area contributed by atoms with E-state index < -0.39 is 11.4 Å². The van der Waals surface area contributed by atoms with Crippen LogP contribution in [0.3, 0.4) is 0 Å². The Morgan fingerprint density at radius 1 is 1.48 bits per heavy atom. The van der Waals surface area contributed by atoms with Crippen LogP contribution in [0.25, 0.3) is 0 Å². The SMILES string of the molecule is CCC1(C(=O)Nc2ccc(Cl)cc2C(=O)OC)CCNC1. The van der Waals surface area contributed by atoms with E-state index in [4.69, 9.17) is 16.3 Å². The molecule has 5 nitrogen and oxygen atoms in total. The molecule has 21 heavy (non-hydrogen) atoms. The predicted octanol–water partition coefficient (Wildman–Crippen LogP) is 2.45. The first-order valence-corrected chi connectivity index (χ1v) is 7.30. The Balaban J connectivity index is 2.27. The van der Waals surface area contributed by atoms with Crippen molar-refractivity contribution in [2.24, 2.45) is 5.41 Å². The number of carbonyl (C=O) groups excluding carboxylic acids is 2. The van der Waals surface area contributed by atoms with Gasteiger partial charge in [0.15, 0.2) is 0 Å². The number of ether oxygens (including phenoxy) is 1. The molecule has 1 amide bonds. The summed E-state index contributed by atoms with van der Waals surface area (Å²) >= 11 is 5.91. The Morgan fingerprint density at radius 2 is 2.24 bits per heavy atom. The molecule has 0 aliphatic carbocycles. The second-order valence-electron chi connectivity index (χ2n) is 5.20. The third kappa shape index (κ3) is 3.19. The summed E-state index contributed by atoms with van der Waals surface area (Å²) in [5, 5.41) is 6.48. The minimum atomic E-state index is -0.525. The minimum absolute atomic E-state index is 0.0810.